The van der Waals surface area contributed by atoms with Crippen LogP contribution in [0.15, 0.2) is 48.5 Å². The van der Waals surface area contributed by atoms with Crippen molar-refractivity contribution >= 4 is 34.9 Å². The molecule has 36 heavy (non-hydrogen) atoms. The first-order valence-corrected chi connectivity index (χ1v) is 16.6. The highest BCUT2D eigenvalue weighted by molar-refractivity contribution is 8.01. The predicted molar refractivity (Wildman–Crippen MR) is 159 cm³/mol. The van der Waals surface area contributed by atoms with Crippen molar-refractivity contribution in [2.24, 2.45) is 0 Å². The van der Waals surface area contributed by atoms with Crippen LogP contribution in [0, 0.1) is 13.8 Å². The van der Waals surface area contributed by atoms with Gasteiger partial charge < -0.3 is 9.80 Å². The summed E-state index contributed by atoms with van der Waals surface area (Å²) in [4.78, 5) is 5.97. The highest BCUT2D eigenvalue weighted by Crippen LogP contribution is 2.55. The second-order valence-corrected chi connectivity index (χ2v) is 15.1. The third kappa shape index (κ3) is 4.10. The van der Waals surface area contributed by atoms with E-state index >= 15 is 0 Å². The molecule has 0 radical (unpaired) electrons. The molecule has 0 amide bonds. The highest BCUT2D eigenvalue weighted by atomic mass is 32.2. The Labute approximate surface area is 227 Å². The van der Waals surface area contributed by atoms with E-state index < -0.39 is 0 Å². The Kier molecular flexibility index (Phi) is 6.49. The number of fused-ring (bicyclic) bond motifs is 5. The quantitative estimate of drug-likeness (QED) is 0.397. The molecule has 0 spiro atoms. The lowest BCUT2D eigenvalue weighted by Gasteiger charge is -2.63. The van der Waals surface area contributed by atoms with E-state index in [1.54, 1.807) is 0 Å². The van der Waals surface area contributed by atoms with Gasteiger partial charge in [-0.1, -0.05) is 61.1 Å². The smallest absolute Gasteiger partial charge is 0.0551 e. The van der Waals surface area contributed by atoms with Crippen molar-refractivity contribution in [3.63, 3.8) is 0 Å². The van der Waals surface area contributed by atoms with Gasteiger partial charge in [-0.2, -0.15) is 11.8 Å². The third-order valence-electron chi connectivity index (χ3n) is 9.92. The van der Waals surface area contributed by atoms with Crippen LogP contribution in [0.4, 0.5) is 11.4 Å². The van der Waals surface area contributed by atoms with Crippen molar-refractivity contribution in [3.05, 3.63) is 59.7 Å². The number of hydrogen-bond acceptors (Lipinski definition) is 4. The van der Waals surface area contributed by atoms with Gasteiger partial charge in [-0.25, -0.2) is 0 Å². The molecular weight excluding hydrogens is 477 g/mol. The van der Waals surface area contributed by atoms with Gasteiger partial charge in [0, 0.05) is 50.5 Å². The summed E-state index contributed by atoms with van der Waals surface area (Å²) in [5.41, 5.74) is 5.75. The van der Waals surface area contributed by atoms with E-state index in [0.717, 1.165) is 21.8 Å². The van der Waals surface area contributed by atoms with Gasteiger partial charge in [0.1, 0.15) is 0 Å². The number of aryl methyl sites for hydroxylation is 2. The molecule has 2 saturated heterocycles. The minimum absolute atomic E-state index is 0.650. The molecule has 0 aromatic heterocycles. The summed E-state index contributed by atoms with van der Waals surface area (Å²) < 4.78 is 0. The van der Waals surface area contributed by atoms with Crippen molar-refractivity contribution in [1.29, 1.82) is 0 Å². The van der Waals surface area contributed by atoms with E-state index in [4.69, 9.17) is 0 Å². The van der Waals surface area contributed by atoms with Gasteiger partial charge in [0.05, 0.1) is 6.04 Å². The van der Waals surface area contributed by atoms with Crippen molar-refractivity contribution in [2.75, 3.05) is 9.80 Å². The fourth-order valence-corrected chi connectivity index (χ4v) is 12.4. The van der Waals surface area contributed by atoms with E-state index in [1.165, 1.54) is 86.7 Å². The fraction of sp³-hybridized carbons (Fsp3) is 0.625. The number of nitrogens with zero attached hydrogens (tertiary/aromatic N) is 2. The zero-order valence-electron chi connectivity index (χ0n) is 22.0. The summed E-state index contributed by atoms with van der Waals surface area (Å²) >= 11 is 4.84. The van der Waals surface area contributed by atoms with E-state index in [-0.39, 0.29) is 0 Å². The Morgan fingerprint density at radius 2 is 1.06 bits per heavy atom. The molecule has 0 bridgehead atoms. The number of rotatable bonds is 2. The van der Waals surface area contributed by atoms with E-state index in [9.17, 15) is 0 Å². The van der Waals surface area contributed by atoms with E-state index in [0.29, 0.717) is 23.4 Å². The maximum absolute atomic E-state index is 3.00. The number of anilines is 2. The molecule has 8 atom stereocenters. The molecule has 2 heterocycles. The molecule has 7 rings (SSSR count). The standard InChI is InChI=1S/C32H42N2S2/c1-21-11-15-23(16-12-21)33-25-7-3-6-10-29(25)36-32-27(33)19-20-30-31(32)34(24-17-13-22(2)14-18-24)26-8-4-5-9-28(26)35-30/h11-18,25-32H,3-10,19-20H2,1-2H3. The monoisotopic (exact) mass is 518 g/mol. The van der Waals surface area contributed by atoms with Gasteiger partial charge in [0.2, 0.25) is 0 Å². The second kappa shape index (κ2) is 9.80. The van der Waals surface area contributed by atoms with Crippen LogP contribution in [0.25, 0.3) is 0 Å². The van der Waals surface area contributed by atoms with Crippen LogP contribution in [-0.2, 0) is 0 Å². The van der Waals surface area contributed by atoms with Crippen molar-refractivity contribution in [3.8, 4) is 0 Å². The third-order valence-corrected chi connectivity index (χ3v) is 13.5. The molecule has 3 saturated carbocycles. The van der Waals surface area contributed by atoms with Gasteiger partial charge in [0.15, 0.2) is 0 Å². The molecule has 2 aromatic rings. The normalized spacial score (nSPS) is 37.9. The molecule has 2 aliphatic heterocycles. The lowest BCUT2D eigenvalue weighted by atomic mass is 9.81. The largest absolute Gasteiger partial charge is 0.363 e. The van der Waals surface area contributed by atoms with Crippen LogP contribution in [0.5, 0.6) is 0 Å². The SMILES string of the molecule is Cc1ccc(N2C3CCCCC3SC3C2CCC2SC4CCCCC4N(c4ccc(C)cc4)C23)cc1. The van der Waals surface area contributed by atoms with E-state index in [1.807, 2.05) is 0 Å². The van der Waals surface area contributed by atoms with Crippen LogP contribution >= 0.6 is 23.5 Å². The zero-order chi connectivity index (χ0) is 24.2. The Morgan fingerprint density at radius 3 is 1.69 bits per heavy atom. The molecule has 8 unspecified atom stereocenters. The summed E-state index contributed by atoms with van der Waals surface area (Å²) in [5.74, 6) is 0. The molecule has 2 nitrogen and oxygen atoms in total. The highest BCUT2D eigenvalue weighted by Gasteiger charge is 2.56. The molecule has 4 heteroatoms. The molecule has 2 aromatic carbocycles. The van der Waals surface area contributed by atoms with E-state index in [2.05, 4.69) is 95.7 Å². The van der Waals surface area contributed by atoms with Gasteiger partial charge in [-0.3, -0.25) is 0 Å². The predicted octanol–water partition coefficient (Wildman–Crippen LogP) is 8.00. The van der Waals surface area contributed by atoms with Crippen LogP contribution < -0.4 is 9.80 Å². The Morgan fingerprint density at radius 1 is 0.528 bits per heavy atom. The Balaban J connectivity index is 1.30. The molecule has 192 valence electrons. The maximum atomic E-state index is 3.00. The maximum Gasteiger partial charge on any atom is 0.0551 e. The topological polar surface area (TPSA) is 6.48 Å². The van der Waals surface area contributed by atoms with Crippen molar-refractivity contribution in [1.82, 2.24) is 0 Å². The van der Waals surface area contributed by atoms with Gasteiger partial charge in [-0.15, -0.1) is 11.8 Å². The van der Waals surface area contributed by atoms with Crippen molar-refractivity contribution in [2.45, 2.75) is 123 Å². The lowest BCUT2D eigenvalue weighted by Crippen LogP contribution is -2.70. The molecule has 0 N–H and O–H groups in total. The average Bonchev–Trinajstić information content (AvgIpc) is 2.91. The first kappa shape index (κ1) is 23.8. The average molecular weight is 519 g/mol. The van der Waals surface area contributed by atoms with Gasteiger partial charge in [-0.05, 0) is 76.6 Å². The number of thioether (sulfide) groups is 2. The summed E-state index contributed by atoms with van der Waals surface area (Å²) in [6, 6.07) is 21.9. The van der Waals surface area contributed by atoms with Crippen LogP contribution in [0.3, 0.4) is 0 Å². The minimum atomic E-state index is 0.650. The zero-order valence-corrected chi connectivity index (χ0v) is 23.7. The van der Waals surface area contributed by atoms with Crippen LogP contribution in [0.2, 0.25) is 0 Å². The van der Waals surface area contributed by atoms with Crippen LogP contribution in [-0.4, -0.2) is 45.2 Å². The van der Waals surface area contributed by atoms with Crippen LogP contribution in [0.1, 0.15) is 75.3 Å². The van der Waals surface area contributed by atoms with Gasteiger partial charge >= 0.3 is 0 Å². The summed E-state index contributed by atoms with van der Waals surface area (Å²) in [7, 11) is 0. The summed E-state index contributed by atoms with van der Waals surface area (Å²) in [6.45, 7) is 4.46. The summed E-state index contributed by atoms with van der Waals surface area (Å²) in [6.07, 6.45) is 14.0. The van der Waals surface area contributed by atoms with Gasteiger partial charge in [0.25, 0.3) is 0 Å². The number of benzene rings is 2. The van der Waals surface area contributed by atoms with Crippen molar-refractivity contribution < 1.29 is 0 Å². The molecule has 3 aliphatic carbocycles. The molecule has 5 aliphatic rings. The lowest BCUT2D eigenvalue weighted by molar-refractivity contribution is 0.283. The first-order chi connectivity index (χ1) is 17.7. The second-order valence-electron chi connectivity index (χ2n) is 12.2. The molecular formula is C32H42N2S2. The first-order valence-electron chi connectivity index (χ1n) is 14.7. The fourth-order valence-electron chi connectivity index (χ4n) is 8.25. The Bertz CT molecular complexity index is 1050. The minimum Gasteiger partial charge on any atom is -0.363 e. The Hall–Kier alpha value is -1.26. The summed E-state index contributed by atoms with van der Waals surface area (Å²) in [5, 5.41) is 3.08. The number of hydrogen-bond donors (Lipinski definition) is 0. The molecule has 5 fully saturated rings.